The molecule has 0 radical (unpaired) electrons. The van der Waals surface area contributed by atoms with Crippen LogP contribution in [-0.4, -0.2) is 37.7 Å². The number of aliphatic hydroxyl groups is 1. The lowest BCUT2D eigenvalue weighted by molar-refractivity contribution is -0.0603. The second-order valence-electron chi connectivity index (χ2n) is 9.13. The van der Waals surface area contributed by atoms with Gasteiger partial charge in [0.25, 0.3) is 5.91 Å². The summed E-state index contributed by atoms with van der Waals surface area (Å²) in [5, 5.41) is 23.1. The molecule has 1 aliphatic rings. The van der Waals surface area contributed by atoms with Crippen molar-refractivity contribution in [1.29, 1.82) is 5.26 Å². The molecule has 9 heteroatoms. The number of nitrogens with one attached hydrogen (secondary N) is 2. The highest BCUT2D eigenvalue weighted by atomic mass is 32.2. The summed E-state index contributed by atoms with van der Waals surface area (Å²) in [6, 6.07) is 20.9. The molecule has 1 aliphatic heterocycles. The van der Waals surface area contributed by atoms with Crippen LogP contribution in [0.5, 0.6) is 5.75 Å². The van der Waals surface area contributed by atoms with Crippen molar-refractivity contribution in [3.8, 4) is 11.8 Å². The van der Waals surface area contributed by atoms with Gasteiger partial charge in [-0.2, -0.15) is 5.26 Å². The van der Waals surface area contributed by atoms with Crippen LogP contribution in [0.1, 0.15) is 46.9 Å². The zero-order valence-electron chi connectivity index (χ0n) is 19.9. The molecule has 4 rings (SSSR count). The summed E-state index contributed by atoms with van der Waals surface area (Å²) in [7, 11) is -4.11. The second-order valence-corrected chi connectivity index (χ2v) is 10.8. The van der Waals surface area contributed by atoms with Gasteiger partial charge in [-0.25, -0.2) is 13.1 Å². The van der Waals surface area contributed by atoms with Crippen LogP contribution in [0.2, 0.25) is 0 Å². The van der Waals surface area contributed by atoms with Crippen molar-refractivity contribution in [2.75, 3.05) is 6.54 Å². The first-order chi connectivity index (χ1) is 17.1. The van der Waals surface area contributed by atoms with Gasteiger partial charge in [0.1, 0.15) is 17.5 Å². The van der Waals surface area contributed by atoms with Crippen molar-refractivity contribution in [3.63, 3.8) is 0 Å². The molecule has 186 valence electrons. The van der Waals surface area contributed by atoms with E-state index in [0.29, 0.717) is 29.8 Å². The largest absolute Gasteiger partial charge is 0.485 e. The molecule has 0 bridgehead atoms. The average molecular weight is 506 g/mol. The van der Waals surface area contributed by atoms with Crippen molar-refractivity contribution in [1.82, 2.24) is 10.0 Å². The van der Waals surface area contributed by atoms with Gasteiger partial charge in [0.2, 0.25) is 10.0 Å². The first kappa shape index (κ1) is 25.4. The molecule has 2 atom stereocenters. The number of fused-ring (bicyclic) bond motifs is 1. The topological polar surface area (TPSA) is 129 Å². The number of rotatable bonds is 7. The van der Waals surface area contributed by atoms with Crippen molar-refractivity contribution in [3.05, 3.63) is 95.1 Å². The molecular formula is C27H27N3O5S. The molecule has 0 aromatic heterocycles. The lowest BCUT2D eigenvalue weighted by Crippen LogP contribution is -2.53. The number of sulfonamides is 1. The van der Waals surface area contributed by atoms with Gasteiger partial charge >= 0.3 is 0 Å². The lowest BCUT2D eigenvalue weighted by Gasteiger charge is -2.42. The van der Waals surface area contributed by atoms with E-state index in [4.69, 9.17) is 10.00 Å². The van der Waals surface area contributed by atoms with Crippen LogP contribution in [0.25, 0.3) is 0 Å². The summed E-state index contributed by atoms with van der Waals surface area (Å²) in [6.45, 7) is 3.74. The number of benzene rings is 3. The average Bonchev–Trinajstić information content (AvgIpc) is 2.87. The molecule has 0 aliphatic carbocycles. The molecule has 3 aromatic rings. The fourth-order valence-electron chi connectivity index (χ4n) is 4.10. The van der Waals surface area contributed by atoms with E-state index in [2.05, 4.69) is 10.0 Å². The highest BCUT2D eigenvalue weighted by Crippen LogP contribution is 2.41. The van der Waals surface area contributed by atoms with Gasteiger partial charge in [0, 0.05) is 17.7 Å². The van der Waals surface area contributed by atoms with Gasteiger partial charge in [-0.05, 0) is 62.2 Å². The lowest BCUT2D eigenvalue weighted by atomic mass is 9.86. The van der Waals surface area contributed by atoms with E-state index in [0.717, 1.165) is 5.56 Å². The van der Waals surface area contributed by atoms with E-state index in [1.807, 2.05) is 36.4 Å². The van der Waals surface area contributed by atoms with Crippen LogP contribution >= 0.6 is 0 Å². The normalized spacial score (nSPS) is 18.4. The number of carbonyl (C=O) groups is 1. The summed E-state index contributed by atoms with van der Waals surface area (Å²) in [5.41, 5.74) is 0.844. The number of amides is 1. The minimum Gasteiger partial charge on any atom is -0.485 e. The van der Waals surface area contributed by atoms with Crippen LogP contribution in [0.15, 0.2) is 77.7 Å². The van der Waals surface area contributed by atoms with Crippen molar-refractivity contribution >= 4 is 15.9 Å². The van der Waals surface area contributed by atoms with E-state index >= 15 is 0 Å². The number of aliphatic hydroxyl groups excluding tert-OH is 1. The van der Waals surface area contributed by atoms with Crippen LogP contribution in [0, 0.1) is 11.3 Å². The Labute approximate surface area is 210 Å². The van der Waals surface area contributed by atoms with Gasteiger partial charge in [-0.1, -0.05) is 36.4 Å². The summed E-state index contributed by atoms with van der Waals surface area (Å²) in [4.78, 5) is 12.7. The Kier molecular flexibility index (Phi) is 7.13. The number of nitrogens with zero attached hydrogens (tertiary/aromatic N) is 1. The van der Waals surface area contributed by atoms with E-state index < -0.39 is 27.8 Å². The number of hydrogen-bond acceptors (Lipinski definition) is 6. The minimum absolute atomic E-state index is 0.102. The maximum Gasteiger partial charge on any atom is 0.251 e. The second kappa shape index (κ2) is 10.1. The summed E-state index contributed by atoms with van der Waals surface area (Å²) in [6.07, 6.45) is -0.590. The molecule has 1 heterocycles. The van der Waals surface area contributed by atoms with Crippen molar-refractivity contribution in [2.45, 2.75) is 42.9 Å². The molecule has 8 nitrogen and oxygen atoms in total. The summed E-state index contributed by atoms with van der Waals surface area (Å²) >= 11 is 0. The summed E-state index contributed by atoms with van der Waals surface area (Å²) < 4.78 is 34.8. The molecule has 3 N–H and O–H groups in total. The molecule has 36 heavy (non-hydrogen) atoms. The van der Waals surface area contributed by atoms with E-state index in [1.165, 1.54) is 30.3 Å². The van der Waals surface area contributed by atoms with Crippen molar-refractivity contribution < 1.29 is 23.1 Å². The smallest absolute Gasteiger partial charge is 0.251 e. The van der Waals surface area contributed by atoms with Crippen molar-refractivity contribution in [2.24, 2.45) is 0 Å². The fraction of sp³-hybridized carbons (Fsp3) is 0.259. The maximum absolute atomic E-state index is 13.2. The Hall–Kier alpha value is -3.71. The first-order valence-electron chi connectivity index (χ1n) is 11.5. The highest BCUT2D eigenvalue weighted by molar-refractivity contribution is 7.89. The third-order valence-electron chi connectivity index (χ3n) is 6.11. The molecule has 3 aromatic carbocycles. The van der Waals surface area contributed by atoms with E-state index in [1.54, 1.807) is 26.0 Å². The Morgan fingerprint density at radius 2 is 1.83 bits per heavy atom. The number of nitriles is 1. The van der Waals surface area contributed by atoms with Crippen LogP contribution < -0.4 is 14.8 Å². The third-order valence-corrected chi connectivity index (χ3v) is 7.54. The highest BCUT2D eigenvalue weighted by Gasteiger charge is 2.44. The summed E-state index contributed by atoms with van der Waals surface area (Å²) in [5.74, 6) is 0.0426. The number of carbonyl (C=O) groups excluding carboxylic acids is 1. The first-order valence-corrected chi connectivity index (χ1v) is 12.9. The van der Waals surface area contributed by atoms with E-state index in [-0.39, 0.29) is 16.4 Å². The predicted octanol–water partition coefficient (Wildman–Crippen LogP) is 3.08. The van der Waals surface area contributed by atoms with Gasteiger partial charge in [0.05, 0.1) is 22.6 Å². The standard InChI is InChI=1S/C27H27N3O5S/c1-27(2)25(31)24(30-36(33,34)21-10-6-9-19(15-21)17-28)22-16-20(11-12-23(22)35-27)26(32)29-14-13-18-7-4-3-5-8-18/h3-12,15-16,24-25,30-31H,13-14H2,1-2H3,(H,29,32). The Morgan fingerprint density at radius 1 is 1.08 bits per heavy atom. The quantitative estimate of drug-likeness (QED) is 0.453. The van der Waals surface area contributed by atoms with Crippen LogP contribution in [-0.2, 0) is 16.4 Å². The molecule has 0 fully saturated rings. The number of ether oxygens (including phenoxy) is 1. The van der Waals surface area contributed by atoms with Crippen LogP contribution in [0.4, 0.5) is 0 Å². The molecule has 0 spiro atoms. The van der Waals surface area contributed by atoms with Gasteiger partial charge < -0.3 is 15.2 Å². The van der Waals surface area contributed by atoms with Gasteiger partial charge in [-0.3, -0.25) is 4.79 Å². The molecule has 0 saturated carbocycles. The molecule has 0 saturated heterocycles. The zero-order valence-corrected chi connectivity index (χ0v) is 20.7. The molecule has 2 unspecified atom stereocenters. The SMILES string of the molecule is CC1(C)Oc2ccc(C(=O)NCCc3ccccc3)cc2C(NS(=O)(=O)c2cccc(C#N)c2)C1O. The maximum atomic E-state index is 13.2. The Bertz CT molecular complexity index is 1410. The monoisotopic (exact) mass is 505 g/mol. The number of hydrogen-bond donors (Lipinski definition) is 3. The predicted molar refractivity (Wildman–Crippen MR) is 134 cm³/mol. The third kappa shape index (κ3) is 5.41. The van der Waals surface area contributed by atoms with E-state index in [9.17, 15) is 18.3 Å². The van der Waals surface area contributed by atoms with Crippen LogP contribution in [0.3, 0.4) is 0 Å². The molecule has 1 amide bonds. The zero-order chi connectivity index (χ0) is 25.9. The van der Waals surface area contributed by atoms with Gasteiger partial charge in [-0.15, -0.1) is 0 Å². The fourth-order valence-corrected chi connectivity index (χ4v) is 5.37. The molecular weight excluding hydrogens is 478 g/mol. The Morgan fingerprint density at radius 3 is 2.56 bits per heavy atom. The Balaban J connectivity index is 1.60. The van der Waals surface area contributed by atoms with Gasteiger partial charge in [0.15, 0.2) is 0 Å². The minimum atomic E-state index is -4.11.